The summed E-state index contributed by atoms with van der Waals surface area (Å²) in [6.45, 7) is 5.43. The van der Waals surface area contributed by atoms with Crippen LogP contribution >= 0.6 is 24.0 Å². The largest absolute Gasteiger partial charge is 0.370 e. The normalized spacial score (nSPS) is 18.7. The molecule has 2 heterocycles. The van der Waals surface area contributed by atoms with Gasteiger partial charge in [0.15, 0.2) is 5.96 Å². The number of nitrogens with zero attached hydrogens (tertiary/aromatic N) is 4. The number of guanidine groups is 1. The van der Waals surface area contributed by atoms with Gasteiger partial charge in [0.05, 0.1) is 19.3 Å². The zero-order chi connectivity index (χ0) is 18.4. The molecule has 0 radical (unpaired) electrons. The van der Waals surface area contributed by atoms with Crippen LogP contribution in [-0.2, 0) is 11.8 Å². The highest BCUT2D eigenvalue weighted by Gasteiger charge is 2.25. The number of nitrogens with one attached hydrogen (secondary N) is 1. The molecule has 2 atom stereocenters. The van der Waals surface area contributed by atoms with Crippen molar-refractivity contribution in [2.75, 3.05) is 33.3 Å². The molecule has 6 nitrogen and oxygen atoms in total. The highest BCUT2D eigenvalue weighted by atomic mass is 127. The SMILES string of the molecule is CCC(CNC(=NC)N1CCOC(c2cnn(C)c2)C1)c1ccccc1.I. The van der Waals surface area contributed by atoms with Crippen LogP contribution in [0.1, 0.15) is 36.5 Å². The lowest BCUT2D eigenvalue weighted by molar-refractivity contribution is -0.00804. The molecule has 0 amide bonds. The number of ether oxygens (including phenoxy) is 1. The average Bonchev–Trinajstić information content (AvgIpc) is 3.13. The number of aliphatic imine (C=N–C) groups is 1. The molecule has 0 bridgehead atoms. The minimum absolute atomic E-state index is 0. The Morgan fingerprint density at radius 3 is 2.78 bits per heavy atom. The van der Waals surface area contributed by atoms with Gasteiger partial charge in [-0.2, -0.15) is 5.10 Å². The lowest BCUT2D eigenvalue weighted by Crippen LogP contribution is -2.48. The number of hydrogen-bond acceptors (Lipinski definition) is 3. The molecule has 1 aliphatic rings. The zero-order valence-corrected chi connectivity index (χ0v) is 18.7. The minimum atomic E-state index is 0. The van der Waals surface area contributed by atoms with E-state index in [-0.39, 0.29) is 30.1 Å². The van der Waals surface area contributed by atoms with Gasteiger partial charge in [-0.15, -0.1) is 24.0 Å². The highest BCUT2D eigenvalue weighted by Crippen LogP contribution is 2.22. The molecule has 0 aliphatic carbocycles. The van der Waals surface area contributed by atoms with Gasteiger partial charge < -0.3 is 15.0 Å². The standard InChI is InChI=1S/C20H29N5O.HI/c1-4-16(17-8-6-5-7-9-17)12-22-20(21-2)25-10-11-26-19(15-25)18-13-23-24(3)14-18;/h5-9,13-14,16,19H,4,10-12,15H2,1-3H3,(H,21,22);1H. The highest BCUT2D eigenvalue weighted by molar-refractivity contribution is 14.0. The maximum Gasteiger partial charge on any atom is 0.193 e. The van der Waals surface area contributed by atoms with Crippen LogP contribution in [0.4, 0.5) is 0 Å². The number of halogens is 1. The summed E-state index contributed by atoms with van der Waals surface area (Å²) in [4.78, 5) is 6.78. The summed E-state index contributed by atoms with van der Waals surface area (Å²) in [5.41, 5.74) is 2.48. The molecular formula is C20H30IN5O. The third-order valence-electron chi connectivity index (χ3n) is 4.94. The van der Waals surface area contributed by atoms with E-state index in [0.717, 1.165) is 37.6 Å². The molecule has 1 aromatic carbocycles. The van der Waals surface area contributed by atoms with Crippen molar-refractivity contribution >= 4 is 29.9 Å². The summed E-state index contributed by atoms with van der Waals surface area (Å²) in [5, 5.41) is 7.82. The first-order valence-electron chi connectivity index (χ1n) is 9.32. The molecule has 1 N–H and O–H groups in total. The smallest absolute Gasteiger partial charge is 0.193 e. The van der Waals surface area contributed by atoms with Crippen molar-refractivity contribution in [3.05, 3.63) is 53.9 Å². The fourth-order valence-corrected chi connectivity index (χ4v) is 3.42. The molecule has 3 rings (SSSR count). The number of rotatable bonds is 5. The molecule has 2 aromatic rings. The predicted molar refractivity (Wildman–Crippen MR) is 120 cm³/mol. The van der Waals surface area contributed by atoms with E-state index in [2.05, 4.69) is 57.6 Å². The van der Waals surface area contributed by atoms with E-state index in [4.69, 9.17) is 4.74 Å². The quantitative estimate of drug-likeness (QED) is 0.404. The van der Waals surface area contributed by atoms with E-state index in [1.54, 1.807) is 0 Å². The van der Waals surface area contributed by atoms with Gasteiger partial charge in [-0.3, -0.25) is 9.67 Å². The Balaban J connectivity index is 0.00000261. The Morgan fingerprint density at radius 2 is 2.15 bits per heavy atom. The fourth-order valence-electron chi connectivity index (χ4n) is 3.42. The second-order valence-electron chi connectivity index (χ2n) is 6.70. The fraction of sp³-hybridized carbons (Fsp3) is 0.500. The molecule has 7 heteroatoms. The Bertz CT molecular complexity index is 718. The van der Waals surface area contributed by atoms with E-state index >= 15 is 0 Å². The van der Waals surface area contributed by atoms with Crippen molar-refractivity contribution in [2.45, 2.75) is 25.4 Å². The first-order valence-corrected chi connectivity index (χ1v) is 9.32. The van der Waals surface area contributed by atoms with Crippen molar-refractivity contribution in [3.8, 4) is 0 Å². The minimum Gasteiger partial charge on any atom is -0.370 e. The second-order valence-corrected chi connectivity index (χ2v) is 6.70. The summed E-state index contributed by atoms with van der Waals surface area (Å²) in [6.07, 6.45) is 5.03. The van der Waals surface area contributed by atoms with Gasteiger partial charge in [-0.05, 0) is 12.0 Å². The van der Waals surface area contributed by atoms with E-state index < -0.39 is 0 Å². The third-order valence-corrected chi connectivity index (χ3v) is 4.94. The Kier molecular flexibility index (Phi) is 8.56. The third kappa shape index (κ3) is 5.68. The maximum atomic E-state index is 5.94. The van der Waals surface area contributed by atoms with E-state index in [9.17, 15) is 0 Å². The second kappa shape index (κ2) is 10.7. The molecule has 1 aliphatic heterocycles. The molecule has 2 unspecified atom stereocenters. The predicted octanol–water partition coefficient (Wildman–Crippen LogP) is 3.18. The summed E-state index contributed by atoms with van der Waals surface area (Å²) in [5.74, 6) is 1.42. The average molecular weight is 483 g/mol. The summed E-state index contributed by atoms with van der Waals surface area (Å²) in [7, 11) is 3.78. The summed E-state index contributed by atoms with van der Waals surface area (Å²) in [6, 6.07) is 10.7. The van der Waals surface area contributed by atoms with Gasteiger partial charge in [0, 0.05) is 44.9 Å². The number of aromatic nitrogens is 2. The van der Waals surface area contributed by atoms with E-state index in [1.165, 1.54) is 5.56 Å². The number of morpholine rings is 1. The summed E-state index contributed by atoms with van der Waals surface area (Å²) >= 11 is 0. The summed E-state index contributed by atoms with van der Waals surface area (Å²) < 4.78 is 7.76. The Morgan fingerprint density at radius 1 is 1.37 bits per heavy atom. The molecule has 0 saturated carbocycles. The molecule has 148 valence electrons. The van der Waals surface area contributed by atoms with Crippen molar-refractivity contribution in [1.82, 2.24) is 20.0 Å². The van der Waals surface area contributed by atoms with Crippen LogP contribution < -0.4 is 5.32 Å². The zero-order valence-electron chi connectivity index (χ0n) is 16.3. The van der Waals surface area contributed by atoms with Gasteiger partial charge in [0.25, 0.3) is 0 Å². The molecule has 1 aromatic heterocycles. The van der Waals surface area contributed by atoms with Crippen molar-refractivity contribution in [3.63, 3.8) is 0 Å². The molecule has 1 saturated heterocycles. The first-order chi connectivity index (χ1) is 12.7. The van der Waals surface area contributed by atoms with E-state index in [0.29, 0.717) is 12.5 Å². The molecule has 27 heavy (non-hydrogen) atoms. The lowest BCUT2D eigenvalue weighted by atomic mass is 9.96. The topological polar surface area (TPSA) is 54.7 Å². The monoisotopic (exact) mass is 483 g/mol. The van der Waals surface area contributed by atoms with Crippen molar-refractivity contribution in [2.24, 2.45) is 12.0 Å². The number of aryl methyl sites for hydroxylation is 1. The van der Waals surface area contributed by atoms with Crippen LogP contribution in [-0.4, -0.2) is 53.9 Å². The van der Waals surface area contributed by atoms with Gasteiger partial charge in [-0.25, -0.2) is 0 Å². The van der Waals surface area contributed by atoms with Gasteiger partial charge in [0.1, 0.15) is 6.10 Å². The van der Waals surface area contributed by atoms with Crippen LogP contribution in [0.15, 0.2) is 47.7 Å². The first kappa shape index (κ1) is 21.7. The van der Waals surface area contributed by atoms with Crippen LogP contribution in [0.2, 0.25) is 0 Å². The van der Waals surface area contributed by atoms with Gasteiger partial charge in [0.2, 0.25) is 0 Å². The number of benzene rings is 1. The number of hydrogen-bond donors (Lipinski definition) is 1. The van der Waals surface area contributed by atoms with Gasteiger partial charge in [-0.1, -0.05) is 37.3 Å². The van der Waals surface area contributed by atoms with Gasteiger partial charge >= 0.3 is 0 Å². The van der Waals surface area contributed by atoms with Crippen LogP contribution in [0.3, 0.4) is 0 Å². The van der Waals surface area contributed by atoms with Crippen molar-refractivity contribution in [1.29, 1.82) is 0 Å². The van der Waals surface area contributed by atoms with Crippen LogP contribution in [0, 0.1) is 0 Å². The molecule has 0 spiro atoms. The molecule has 1 fully saturated rings. The maximum absolute atomic E-state index is 5.94. The Hall–Kier alpha value is -1.61. The van der Waals surface area contributed by atoms with Crippen molar-refractivity contribution < 1.29 is 4.74 Å². The van der Waals surface area contributed by atoms with Crippen LogP contribution in [0.5, 0.6) is 0 Å². The van der Waals surface area contributed by atoms with Crippen LogP contribution in [0.25, 0.3) is 0 Å². The van der Waals surface area contributed by atoms with E-state index in [1.807, 2.05) is 31.2 Å². The molecular weight excluding hydrogens is 453 g/mol. The Labute approximate surface area is 179 Å². The lowest BCUT2D eigenvalue weighted by Gasteiger charge is -2.35.